The third-order valence-electron chi connectivity index (χ3n) is 3.40. The van der Waals surface area contributed by atoms with Gasteiger partial charge < -0.3 is 14.6 Å². The van der Waals surface area contributed by atoms with Gasteiger partial charge >= 0.3 is 11.9 Å². The van der Waals surface area contributed by atoms with Gasteiger partial charge in [-0.15, -0.1) is 0 Å². The van der Waals surface area contributed by atoms with Gasteiger partial charge in [-0.25, -0.2) is 24.5 Å². The van der Waals surface area contributed by atoms with E-state index in [0.29, 0.717) is 27.2 Å². The second-order valence-corrected chi connectivity index (χ2v) is 5.97. The highest BCUT2D eigenvalue weighted by Crippen LogP contribution is 2.22. The van der Waals surface area contributed by atoms with Crippen molar-refractivity contribution in [1.82, 2.24) is 15.0 Å². The summed E-state index contributed by atoms with van der Waals surface area (Å²) in [4.78, 5) is 33.6. The number of aromatic carboxylic acids is 1. The van der Waals surface area contributed by atoms with Crippen LogP contribution in [0, 0.1) is 0 Å². The predicted molar refractivity (Wildman–Crippen MR) is 104 cm³/mol. The molecular weight excluding hydrogens is 430 g/mol. The van der Waals surface area contributed by atoms with Crippen LogP contribution in [-0.4, -0.2) is 46.2 Å². The molecule has 1 N–H and O–H groups in total. The van der Waals surface area contributed by atoms with E-state index in [1.54, 1.807) is 42.6 Å². The van der Waals surface area contributed by atoms with Gasteiger partial charge in [-0.2, -0.15) is 0 Å². The van der Waals surface area contributed by atoms with E-state index in [9.17, 15) is 9.59 Å². The van der Waals surface area contributed by atoms with Crippen molar-refractivity contribution in [3.63, 3.8) is 0 Å². The van der Waals surface area contributed by atoms with Crippen molar-refractivity contribution in [1.29, 1.82) is 0 Å². The molecule has 28 heavy (non-hydrogen) atoms. The van der Waals surface area contributed by atoms with E-state index in [0.717, 1.165) is 0 Å². The molecule has 0 spiro atoms. The number of pyridine rings is 3. The first-order valence-corrected chi connectivity index (χ1v) is 8.64. The first-order valence-electron chi connectivity index (χ1n) is 7.85. The van der Waals surface area contributed by atoms with Crippen LogP contribution in [0.5, 0.6) is 5.88 Å². The van der Waals surface area contributed by atoms with Crippen molar-refractivity contribution in [3.05, 3.63) is 70.8 Å². The fourth-order valence-electron chi connectivity index (χ4n) is 2.10. The van der Waals surface area contributed by atoms with E-state index in [4.69, 9.17) is 9.84 Å². The molecule has 0 amide bonds. The Morgan fingerprint density at radius 2 is 1.64 bits per heavy atom. The molecule has 0 aromatic carbocycles. The monoisotopic (exact) mass is 445 g/mol. The van der Waals surface area contributed by atoms with Crippen LogP contribution in [0.15, 0.2) is 59.5 Å². The van der Waals surface area contributed by atoms with Gasteiger partial charge in [0.2, 0.25) is 5.88 Å². The largest absolute Gasteiger partial charge is 0.481 e. The van der Waals surface area contributed by atoms with Crippen molar-refractivity contribution >= 4 is 27.9 Å². The molecule has 0 aliphatic heterocycles. The third kappa shape index (κ3) is 5.34. The minimum Gasteiger partial charge on any atom is -0.481 e. The molecule has 0 unspecified atom stereocenters. The topological polar surface area (TPSA) is 112 Å². The molecule has 3 aromatic rings. The maximum atomic E-state index is 11.0. The molecule has 144 valence electrons. The molecule has 0 saturated carbocycles. The number of carboxylic acids is 1. The summed E-state index contributed by atoms with van der Waals surface area (Å²) >= 11 is 3.17. The zero-order chi connectivity index (χ0) is 20.5. The molecule has 0 saturated heterocycles. The lowest BCUT2D eigenvalue weighted by Crippen LogP contribution is -2.04. The van der Waals surface area contributed by atoms with E-state index in [2.05, 4.69) is 35.6 Å². The quantitative estimate of drug-likeness (QED) is 0.607. The first-order chi connectivity index (χ1) is 13.5. The molecule has 3 rings (SSSR count). The Kier molecular flexibility index (Phi) is 7.58. The van der Waals surface area contributed by atoms with Gasteiger partial charge in [0.15, 0.2) is 11.4 Å². The van der Waals surface area contributed by atoms with Crippen LogP contribution in [0.2, 0.25) is 0 Å². The third-order valence-corrected chi connectivity index (χ3v) is 4.04. The summed E-state index contributed by atoms with van der Waals surface area (Å²) in [5.41, 5.74) is 1.54. The number of carbonyl (C=O) groups is 2. The zero-order valence-electron chi connectivity index (χ0n) is 15.0. The average Bonchev–Trinajstić information content (AvgIpc) is 2.74. The van der Waals surface area contributed by atoms with Gasteiger partial charge in [0.1, 0.15) is 0 Å². The van der Waals surface area contributed by atoms with Crippen molar-refractivity contribution in [2.75, 3.05) is 14.2 Å². The minimum absolute atomic E-state index is 0.0134. The van der Waals surface area contributed by atoms with Gasteiger partial charge in [-0.3, -0.25) is 0 Å². The van der Waals surface area contributed by atoms with Crippen LogP contribution < -0.4 is 4.74 Å². The Bertz CT molecular complexity index is 964. The summed E-state index contributed by atoms with van der Waals surface area (Å²) in [6.07, 6.45) is 4.54. The number of nitrogens with zero attached hydrogens (tertiary/aromatic N) is 3. The number of esters is 1. The van der Waals surface area contributed by atoms with Crippen LogP contribution >= 0.6 is 15.9 Å². The molecule has 0 bridgehead atoms. The first kappa shape index (κ1) is 21.0. The molecule has 0 radical (unpaired) electrons. The summed E-state index contributed by atoms with van der Waals surface area (Å²) in [6.45, 7) is 0. The highest BCUT2D eigenvalue weighted by Gasteiger charge is 2.12. The lowest BCUT2D eigenvalue weighted by molar-refractivity contribution is 0.0592. The van der Waals surface area contributed by atoms with Crippen LogP contribution in [0.25, 0.3) is 11.1 Å². The normalized spacial score (nSPS) is 9.68. The summed E-state index contributed by atoms with van der Waals surface area (Å²) in [5, 5.41) is 9.02. The van der Waals surface area contributed by atoms with Crippen LogP contribution in [0.4, 0.5) is 0 Å². The van der Waals surface area contributed by atoms with Crippen molar-refractivity contribution in [2.24, 2.45) is 0 Å². The van der Waals surface area contributed by atoms with E-state index in [1.807, 2.05) is 0 Å². The Hall–Kier alpha value is -3.33. The lowest BCUT2D eigenvalue weighted by atomic mass is 10.1. The average molecular weight is 446 g/mol. The standard InChI is InChI=1S/C12H10N2O3.C7H6BrNO2/c1-17-10-5-4-8(7-14-10)9-3-2-6-13-11(9)12(15)16;1-11-7(10)6-5(8)3-2-4-9-6/h2-7H,1H3,(H,15,16);2-4H,1H3. The number of ether oxygens (including phenoxy) is 2. The second-order valence-electron chi connectivity index (χ2n) is 5.12. The molecule has 0 atom stereocenters. The fraction of sp³-hybridized carbons (Fsp3) is 0.105. The predicted octanol–water partition coefficient (Wildman–Crippen LogP) is 3.48. The molecule has 3 aromatic heterocycles. The van der Waals surface area contributed by atoms with Crippen molar-refractivity contribution in [3.8, 4) is 17.0 Å². The maximum Gasteiger partial charge on any atom is 0.357 e. The number of carbonyl (C=O) groups excluding carboxylic acids is 1. The SMILES string of the molecule is COC(=O)c1ncccc1Br.COc1ccc(-c2cccnc2C(=O)O)cn1. The van der Waals surface area contributed by atoms with Gasteiger partial charge in [0.05, 0.1) is 18.7 Å². The molecule has 0 aliphatic carbocycles. The Labute approximate surface area is 169 Å². The van der Waals surface area contributed by atoms with Crippen LogP contribution in [-0.2, 0) is 4.74 Å². The van der Waals surface area contributed by atoms with E-state index < -0.39 is 11.9 Å². The fourth-order valence-corrected chi connectivity index (χ4v) is 2.52. The number of halogens is 1. The van der Waals surface area contributed by atoms with Crippen LogP contribution in [0.3, 0.4) is 0 Å². The van der Waals surface area contributed by atoms with E-state index in [1.165, 1.54) is 26.6 Å². The van der Waals surface area contributed by atoms with Gasteiger partial charge in [0.25, 0.3) is 0 Å². The van der Waals surface area contributed by atoms with Gasteiger partial charge in [-0.05, 0) is 40.2 Å². The summed E-state index contributed by atoms with van der Waals surface area (Å²) in [6, 6.07) is 10.3. The van der Waals surface area contributed by atoms with E-state index >= 15 is 0 Å². The number of hydrogen-bond acceptors (Lipinski definition) is 7. The summed E-state index contributed by atoms with van der Waals surface area (Å²) in [5.74, 6) is -1.01. The highest BCUT2D eigenvalue weighted by atomic mass is 79.9. The number of aromatic nitrogens is 3. The Morgan fingerprint density at radius 1 is 0.964 bits per heavy atom. The molecule has 9 heteroatoms. The number of rotatable bonds is 4. The van der Waals surface area contributed by atoms with Crippen LogP contribution in [0.1, 0.15) is 21.0 Å². The van der Waals surface area contributed by atoms with E-state index in [-0.39, 0.29) is 5.69 Å². The Balaban J connectivity index is 0.000000221. The molecule has 3 heterocycles. The second kappa shape index (κ2) is 10.1. The number of carboxylic acid groups (broad SMARTS) is 1. The molecular formula is C19H16BrN3O5. The summed E-state index contributed by atoms with van der Waals surface area (Å²) < 4.78 is 10.1. The Morgan fingerprint density at radius 3 is 2.18 bits per heavy atom. The zero-order valence-corrected chi connectivity index (χ0v) is 16.6. The molecule has 0 fully saturated rings. The summed E-state index contributed by atoms with van der Waals surface area (Å²) in [7, 11) is 2.85. The molecule has 0 aliphatic rings. The van der Waals surface area contributed by atoms with Crippen molar-refractivity contribution < 1.29 is 24.2 Å². The van der Waals surface area contributed by atoms with Gasteiger partial charge in [0, 0.05) is 35.8 Å². The maximum absolute atomic E-state index is 11.0. The van der Waals surface area contributed by atoms with Crippen molar-refractivity contribution in [2.45, 2.75) is 0 Å². The number of methoxy groups -OCH3 is 2. The highest BCUT2D eigenvalue weighted by molar-refractivity contribution is 9.10. The number of hydrogen-bond donors (Lipinski definition) is 1. The molecule has 8 nitrogen and oxygen atoms in total. The smallest absolute Gasteiger partial charge is 0.357 e. The minimum atomic E-state index is -1.06. The lowest BCUT2D eigenvalue weighted by Gasteiger charge is -2.05. The van der Waals surface area contributed by atoms with Gasteiger partial charge in [-0.1, -0.05) is 6.07 Å².